The van der Waals surface area contributed by atoms with E-state index in [0.29, 0.717) is 12.6 Å². The smallest absolute Gasteiger partial charge is 0.0399 e. The van der Waals surface area contributed by atoms with Gasteiger partial charge in [-0.2, -0.15) is 0 Å². The highest BCUT2D eigenvalue weighted by Gasteiger charge is 2.19. The lowest BCUT2D eigenvalue weighted by molar-refractivity contribution is 0.463. The molecular formula is C13H21N3. The molecular weight excluding hydrogens is 198 g/mol. The number of nitrogens with one attached hydrogen (secondary N) is 1. The largest absolute Gasteiger partial charge is 0.368 e. The average Bonchev–Trinajstić information content (AvgIpc) is 2.38. The number of rotatable bonds is 3. The summed E-state index contributed by atoms with van der Waals surface area (Å²) in [5.74, 6) is 0. The number of hydrogen-bond acceptors (Lipinski definition) is 3. The van der Waals surface area contributed by atoms with Crippen LogP contribution in [0.3, 0.4) is 0 Å². The van der Waals surface area contributed by atoms with Crippen LogP contribution in [0.2, 0.25) is 0 Å². The number of hydrogen-bond donors (Lipinski definition) is 2. The summed E-state index contributed by atoms with van der Waals surface area (Å²) in [6.45, 7) is 6.05. The molecule has 3 heteroatoms. The molecule has 0 amide bonds. The summed E-state index contributed by atoms with van der Waals surface area (Å²) >= 11 is 0. The standard InChI is InChI=1S/C13H21N3/c1-2-11-5-3-4-6-13(11)16-8-7-15-12(9-14)10-16/h3-6,12,15H,2,7-10,14H2,1H3. The average molecular weight is 219 g/mol. The quantitative estimate of drug-likeness (QED) is 0.796. The Morgan fingerprint density at radius 1 is 1.44 bits per heavy atom. The van der Waals surface area contributed by atoms with Gasteiger partial charge in [0.05, 0.1) is 0 Å². The Hall–Kier alpha value is -1.06. The zero-order valence-electron chi connectivity index (χ0n) is 9.95. The number of nitrogens with two attached hydrogens (primary N) is 1. The molecule has 1 saturated heterocycles. The van der Waals surface area contributed by atoms with Crippen LogP contribution in [0.5, 0.6) is 0 Å². The van der Waals surface area contributed by atoms with E-state index in [1.165, 1.54) is 11.3 Å². The van der Waals surface area contributed by atoms with E-state index in [9.17, 15) is 0 Å². The zero-order valence-corrected chi connectivity index (χ0v) is 9.95. The van der Waals surface area contributed by atoms with Gasteiger partial charge in [-0.15, -0.1) is 0 Å². The van der Waals surface area contributed by atoms with Gasteiger partial charge >= 0.3 is 0 Å². The van der Waals surface area contributed by atoms with Crippen molar-refractivity contribution in [3.8, 4) is 0 Å². The normalized spacial score (nSPS) is 21.1. The number of anilines is 1. The van der Waals surface area contributed by atoms with Crippen LogP contribution in [0.4, 0.5) is 5.69 Å². The molecule has 1 fully saturated rings. The number of piperazine rings is 1. The second kappa shape index (κ2) is 5.32. The van der Waals surface area contributed by atoms with Gasteiger partial charge in [0.25, 0.3) is 0 Å². The van der Waals surface area contributed by atoms with E-state index in [1.54, 1.807) is 0 Å². The molecule has 1 heterocycles. The molecule has 0 radical (unpaired) electrons. The molecule has 3 N–H and O–H groups in total. The molecule has 0 aromatic heterocycles. The second-order valence-corrected chi connectivity index (χ2v) is 4.32. The van der Waals surface area contributed by atoms with Crippen LogP contribution in [0, 0.1) is 0 Å². The zero-order chi connectivity index (χ0) is 11.4. The van der Waals surface area contributed by atoms with Crippen LogP contribution < -0.4 is 16.0 Å². The maximum atomic E-state index is 5.72. The second-order valence-electron chi connectivity index (χ2n) is 4.32. The minimum Gasteiger partial charge on any atom is -0.368 e. The van der Waals surface area contributed by atoms with Crippen LogP contribution in [-0.2, 0) is 6.42 Å². The third-order valence-corrected chi connectivity index (χ3v) is 3.25. The molecule has 2 rings (SSSR count). The van der Waals surface area contributed by atoms with Gasteiger partial charge in [0.2, 0.25) is 0 Å². The summed E-state index contributed by atoms with van der Waals surface area (Å²) < 4.78 is 0. The highest BCUT2D eigenvalue weighted by atomic mass is 15.2. The molecule has 1 atom stereocenters. The van der Waals surface area contributed by atoms with Gasteiger partial charge in [0.15, 0.2) is 0 Å². The summed E-state index contributed by atoms with van der Waals surface area (Å²) in [7, 11) is 0. The first-order chi connectivity index (χ1) is 7.85. The van der Waals surface area contributed by atoms with E-state index in [-0.39, 0.29) is 0 Å². The summed E-state index contributed by atoms with van der Waals surface area (Å²) in [5.41, 5.74) is 8.54. The predicted molar refractivity (Wildman–Crippen MR) is 68.9 cm³/mol. The SMILES string of the molecule is CCc1ccccc1N1CCNC(CN)C1. The van der Waals surface area contributed by atoms with Crippen LogP contribution >= 0.6 is 0 Å². The lowest BCUT2D eigenvalue weighted by atomic mass is 10.1. The number of para-hydroxylation sites is 1. The highest BCUT2D eigenvalue weighted by molar-refractivity contribution is 5.54. The highest BCUT2D eigenvalue weighted by Crippen LogP contribution is 2.21. The fourth-order valence-corrected chi connectivity index (χ4v) is 2.32. The lowest BCUT2D eigenvalue weighted by Crippen LogP contribution is -2.53. The van der Waals surface area contributed by atoms with Crippen LogP contribution in [0.15, 0.2) is 24.3 Å². The van der Waals surface area contributed by atoms with Crippen molar-refractivity contribution in [2.24, 2.45) is 5.73 Å². The Kier molecular flexibility index (Phi) is 3.80. The molecule has 0 spiro atoms. The van der Waals surface area contributed by atoms with E-state index in [1.807, 2.05) is 0 Å². The first kappa shape index (κ1) is 11.4. The van der Waals surface area contributed by atoms with Crippen molar-refractivity contribution in [1.82, 2.24) is 5.32 Å². The van der Waals surface area contributed by atoms with Crippen molar-refractivity contribution in [2.75, 3.05) is 31.1 Å². The van der Waals surface area contributed by atoms with Crippen molar-refractivity contribution in [1.29, 1.82) is 0 Å². The summed E-state index contributed by atoms with van der Waals surface area (Å²) in [6.07, 6.45) is 1.09. The van der Waals surface area contributed by atoms with E-state index >= 15 is 0 Å². The molecule has 0 aliphatic carbocycles. The Morgan fingerprint density at radius 2 is 2.25 bits per heavy atom. The topological polar surface area (TPSA) is 41.3 Å². The van der Waals surface area contributed by atoms with Gasteiger partial charge in [-0.3, -0.25) is 0 Å². The van der Waals surface area contributed by atoms with Gasteiger partial charge in [0.1, 0.15) is 0 Å². The summed E-state index contributed by atoms with van der Waals surface area (Å²) in [6, 6.07) is 9.10. The molecule has 16 heavy (non-hydrogen) atoms. The van der Waals surface area contributed by atoms with Crippen molar-refractivity contribution < 1.29 is 0 Å². The Bertz CT molecular complexity index is 338. The van der Waals surface area contributed by atoms with E-state index < -0.39 is 0 Å². The monoisotopic (exact) mass is 219 g/mol. The maximum absolute atomic E-state index is 5.72. The molecule has 3 nitrogen and oxygen atoms in total. The number of benzene rings is 1. The first-order valence-corrected chi connectivity index (χ1v) is 6.11. The van der Waals surface area contributed by atoms with Crippen molar-refractivity contribution in [2.45, 2.75) is 19.4 Å². The van der Waals surface area contributed by atoms with E-state index in [0.717, 1.165) is 26.1 Å². The minimum atomic E-state index is 0.429. The molecule has 0 saturated carbocycles. The summed E-state index contributed by atoms with van der Waals surface area (Å²) in [4.78, 5) is 2.45. The van der Waals surface area contributed by atoms with E-state index in [4.69, 9.17) is 5.73 Å². The third kappa shape index (κ3) is 2.36. The molecule has 1 unspecified atom stereocenters. The van der Waals surface area contributed by atoms with Gasteiger partial charge in [-0.05, 0) is 18.1 Å². The number of aryl methyl sites for hydroxylation is 1. The van der Waals surface area contributed by atoms with Crippen molar-refractivity contribution in [3.63, 3.8) is 0 Å². The number of nitrogens with zero attached hydrogens (tertiary/aromatic N) is 1. The Balaban J connectivity index is 2.16. The predicted octanol–water partition coefficient (Wildman–Crippen LogP) is 0.986. The maximum Gasteiger partial charge on any atom is 0.0399 e. The van der Waals surface area contributed by atoms with E-state index in [2.05, 4.69) is 41.4 Å². The minimum absolute atomic E-state index is 0.429. The summed E-state index contributed by atoms with van der Waals surface area (Å²) in [5, 5.41) is 3.44. The van der Waals surface area contributed by atoms with Gasteiger partial charge in [0, 0.05) is 37.9 Å². The molecule has 1 aromatic carbocycles. The van der Waals surface area contributed by atoms with Crippen LogP contribution in [0.25, 0.3) is 0 Å². The molecule has 1 aliphatic heterocycles. The first-order valence-electron chi connectivity index (χ1n) is 6.11. The van der Waals surface area contributed by atoms with Crippen LogP contribution in [0.1, 0.15) is 12.5 Å². The molecule has 0 bridgehead atoms. The molecule has 1 aliphatic rings. The molecule has 1 aromatic rings. The van der Waals surface area contributed by atoms with Gasteiger partial charge in [-0.25, -0.2) is 0 Å². The Morgan fingerprint density at radius 3 is 3.00 bits per heavy atom. The molecule has 88 valence electrons. The fraction of sp³-hybridized carbons (Fsp3) is 0.538. The third-order valence-electron chi connectivity index (χ3n) is 3.25. The fourth-order valence-electron chi connectivity index (χ4n) is 2.32. The Labute approximate surface area is 97.6 Å². The van der Waals surface area contributed by atoms with Gasteiger partial charge < -0.3 is 16.0 Å². The van der Waals surface area contributed by atoms with Crippen molar-refractivity contribution in [3.05, 3.63) is 29.8 Å². The lowest BCUT2D eigenvalue weighted by Gasteiger charge is -2.35. The van der Waals surface area contributed by atoms with Gasteiger partial charge in [-0.1, -0.05) is 25.1 Å². The van der Waals surface area contributed by atoms with Crippen LogP contribution in [-0.4, -0.2) is 32.2 Å². The van der Waals surface area contributed by atoms with Crippen molar-refractivity contribution >= 4 is 5.69 Å².